The van der Waals surface area contributed by atoms with E-state index in [1.165, 1.54) is 12.8 Å². The normalized spacial score (nSPS) is 18.9. The molecule has 0 aromatic heterocycles. The zero-order chi connectivity index (χ0) is 11.3. The molecule has 15 heavy (non-hydrogen) atoms. The van der Waals surface area contributed by atoms with Crippen molar-refractivity contribution in [3.8, 4) is 0 Å². The van der Waals surface area contributed by atoms with Gasteiger partial charge in [-0.15, -0.1) is 0 Å². The Bertz CT molecular complexity index is 207. The molecule has 86 valence electrons. The molecule has 0 amide bonds. The molecule has 0 spiro atoms. The van der Waals surface area contributed by atoms with Gasteiger partial charge in [-0.1, -0.05) is 0 Å². The van der Waals surface area contributed by atoms with Crippen molar-refractivity contribution in [2.45, 2.75) is 43.7 Å². The van der Waals surface area contributed by atoms with Crippen LogP contribution in [0.3, 0.4) is 0 Å². The Morgan fingerprint density at radius 2 is 2.00 bits per heavy atom. The molecule has 4 heteroatoms. The number of carbonyl (C=O) groups is 1. The molecule has 0 bridgehead atoms. The van der Waals surface area contributed by atoms with Crippen LogP contribution in [0.1, 0.15) is 33.6 Å². The van der Waals surface area contributed by atoms with Gasteiger partial charge in [-0.05, 0) is 0 Å². The van der Waals surface area contributed by atoms with Crippen LogP contribution in [0.25, 0.3) is 0 Å². The predicted octanol–water partition coefficient (Wildman–Crippen LogP) is 2.04. The zero-order valence-electron chi connectivity index (χ0n) is 9.93. The third-order valence-electron chi connectivity index (χ3n) is 2.39. The third kappa shape index (κ3) is 6.40. The summed E-state index contributed by atoms with van der Waals surface area (Å²) < 4.78 is 6.62. The fourth-order valence-corrected chi connectivity index (χ4v) is 5.17. The quantitative estimate of drug-likeness (QED) is 0.810. The molecule has 1 fully saturated rings. The second-order valence-corrected chi connectivity index (χ2v) is 8.42. The van der Waals surface area contributed by atoms with E-state index in [2.05, 4.69) is 5.32 Å². The molecule has 1 N–H and O–H groups in total. The zero-order valence-corrected chi connectivity index (χ0v) is 12.8. The molecule has 1 aliphatic heterocycles. The molecular formula is C11H21NO2Sn. The maximum atomic E-state index is 11.5. The van der Waals surface area contributed by atoms with Gasteiger partial charge in [0.2, 0.25) is 0 Å². The van der Waals surface area contributed by atoms with E-state index in [0.717, 1.165) is 23.4 Å². The summed E-state index contributed by atoms with van der Waals surface area (Å²) in [7, 11) is 0. The Morgan fingerprint density at radius 3 is 2.53 bits per heavy atom. The van der Waals surface area contributed by atoms with Gasteiger partial charge in [-0.3, -0.25) is 0 Å². The number of piperidine rings is 1. The summed E-state index contributed by atoms with van der Waals surface area (Å²) in [6.07, 6.45) is 2.48. The van der Waals surface area contributed by atoms with Crippen molar-refractivity contribution in [1.29, 1.82) is 0 Å². The molecule has 2 radical (unpaired) electrons. The van der Waals surface area contributed by atoms with Crippen LogP contribution in [0.15, 0.2) is 0 Å². The molecular weight excluding hydrogens is 297 g/mol. The van der Waals surface area contributed by atoms with Crippen LogP contribution in [-0.4, -0.2) is 43.8 Å². The van der Waals surface area contributed by atoms with Crippen molar-refractivity contribution in [3.05, 3.63) is 0 Å². The van der Waals surface area contributed by atoms with Gasteiger partial charge in [0.15, 0.2) is 0 Å². The van der Waals surface area contributed by atoms with E-state index in [0.29, 0.717) is 0 Å². The molecule has 0 aliphatic carbocycles. The minimum atomic E-state index is -0.958. The Balaban J connectivity index is 2.15. The summed E-state index contributed by atoms with van der Waals surface area (Å²) in [6.45, 7) is 8.06. The first-order valence-corrected chi connectivity index (χ1v) is 9.09. The van der Waals surface area contributed by atoms with Crippen molar-refractivity contribution in [1.82, 2.24) is 5.32 Å². The van der Waals surface area contributed by atoms with Gasteiger partial charge in [0, 0.05) is 0 Å². The van der Waals surface area contributed by atoms with E-state index in [4.69, 9.17) is 4.74 Å². The van der Waals surface area contributed by atoms with Crippen molar-refractivity contribution in [2.75, 3.05) is 13.1 Å². The van der Waals surface area contributed by atoms with Gasteiger partial charge in [0.05, 0.1) is 0 Å². The van der Waals surface area contributed by atoms with Crippen molar-refractivity contribution >= 4 is 25.1 Å². The van der Waals surface area contributed by atoms with E-state index in [-0.39, 0.29) is 9.59 Å². The van der Waals surface area contributed by atoms with Crippen molar-refractivity contribution in [2.24, 2.45) is 5.92 Å². The monoisotopic (exact) mass is 319 g/mol. The number of nitrogens with one attached hydrogen (secondary N) is 1. The average Bonchev–Trinajstić information content (AvgIpc) is 2.14. The number of ether oxygens (including phenoxy) is 1. The summed E-state index contributed by atoms with van der Waals surface area (Å²) in [6, 6.07) is 0. The van der Waals surface area contributed by atoms with Gasteiger partial charge < -0.3 is 0 Å². The summed E-state index contributed by atoms with van der Waals surface area (Å²) in [5.74, 6) is 0.783. The van der Waals surface area contributed by atoms with Crippen LogP contribution in [-0.2, 0) is 4.74 Å². The number of hydrogen-bond donors (Lipinski definition) is 1. The summed E-state index contributed by atoms with van der Waals surface area (Å²) in [4.78, 5) is 11.5. The number of hydrogen-bond acceptors (Lipinski definition) is 3. The van der Waals surface area contributed by atoms with Gasteiger partial charge in [0.25, 0.3) is 0 Å². The fourth-order valence-electron chi connectivity index (χ4n) is 1.63. The molecule has 0 unspecified atom stereocenters. The van der Waals surface area contributed by atoms with Gasteiger partial charge in [0.1, 0.15) is 0 Å². The molecule has 0 saturated carbocycles. The standard InChI is InChI=1S/C6H12N.C5H9O2.Sn/c1-6-2-4-7-5-3-6;1-5(2,3)7-4-6;/h6-7H,1-5H2;1-3H3;. The molecule has 3 nitrogen and oxygen atoms in total. The van der Waals surface area contributed by atoms with E-state index in [1.54, 1.807) is 0 Å². The van der Waals surface area contributed by atoms with Crippen LogP contribution in [0.5, 0.6) is 0 Å². The molecule has 0 aromatic rings. The fraction of sp³-hybridized carbons (Fsp3) is 0.909. The summed E-state index contributed by atoms with van der Waals surface area (Å²) in [5, 5.41) is 3.34. The first-order valence-electron chi connectivity index (χ1n) is 5.65. The average molecular weight is 318 g/mol. The molecule has 0 atom stereocenters. The van der Waals surface area contributed by atoms with Gasteiger partial charge in [-0.25, -0.2) is 0 Å². The Labute approximate surface area is 103 Å². The van der Waals surface area contributed by atoms with E-state index in [1.807, 2.05) is 20.8 Å². The molecule has 0 aromatic carbocycles. The number of carbonyl (C=O) groups excluding carboxylic acids is 1. The van der Waals surface area contributed by atoms with E-state index < -0.39 is 21.1 Å². The topological polar surface area (TPSA) is 38.3 Å². The Morgan fingerprint density at radius 1 is 1.40 bits per heavy atom. The van der Waals surface area contributed by atoms with Crippen molar-refractivity contribution < 1.29 is 9.53 Å². The predicted molar refractivity (Wildman–Crippen MR) is 62.4 cm³/mol. The molecule has 1 saturated heterocycles. The van der Waals surface area contributed by atoms with Crippen LogP contribution in [0, 0.1) is 5.92 Å². The molecule has 1 rings (SSSR count). The third-order valence-corrected chi connectivity index (χ3v) is 5.74. The van der Waals surface area contributed by atoms with E-state index in [9.17, 15) is 4.79 Å². The van der Waals surface area contributed by atoms with Crippen LogP contribution >= 0.6 is 0 Å². The maximum absolute atomic E-state index is 11.5. The van der Waals surface area contributed by atoms with Gasteiger partial charge >= 0.3 is 103 Å². The molecule has 1 heterocycles. The summed E-state index contributed by atoms with van der Waals surface area (Å²) >= 11 is -0.958. The first kappa shape index (κ1) is 13.3. The van der Waals surface area contributed by atoms with E-state index >= 15 is 0 Å². The van der Waals surface area contributed by atoms with Gasteiger partial charge in [-0.2, -0.15) is 0 Å². The summed E-state index contributed by atoms with van der Waals surface area (Å²) in [5.41, 5.74) is -0.300. The number of rotatable bonds is 3. The van der Waals surface area contributed by atoms with Crippen LogP contribution in [0.4, 0.5) is 4.79 Å². The van der Waals surface area contributed by atoms with Crippen LogP contribution < -0.4 is 5.32 Å². The SMILES string of the molecule is CC(C)(C)O[C](=O)[Sn][CH2]C1CCNCC1. The minimum absolute atomic E-state index is 0.115. The first-order chi connectivity index (χ1) is 6.97. The second-order valence-electron chi connectivity index (χ2n) is 5.08. The Hall–Kier alpha value is 0.229. The Kier molecular flexibility index (Phi) is 5.39. The van der Waals surface area contributed by atoms with Crippen molar-refractivity contribution in [3.63, 3.8) is 0 Å². The van der Waals surface area contributed by atoms with Crippen LogP contribution in [0.2, 0.25) is 4.44 Å². The second kappa shape index (κ2) is 6.09. The molecule has 1 aliphatic rings.